The number of aliphatic hydroxyl groups excluding tert-OH is 1. The van der Waals surface area contributed by atoms with E-state index in [0.29, 0.717) is 25.1 Å². The first-order valence-corrected chi connectivity index (χ1v) is 8.38. The third kappa shape index (κ3) is 3.81. The highest BCUT2D eigenvalue weighted by Crippen LogP contribution is 2.24. The van der Waals surface area contributed by atoms with E-state index < -0.39 is 22.1 Å². The number of sulfonamides is 1. The van der Waals surface area contributed by atoms with E-state index in [1.807, 2.05) is 0 Å². The van der Waals surface area contributed by atoms with Gasteiger partial charge in [0.1, 0.15) is 0 Å². The predicted octanol–water partition coefficient (Wildman–Crippen LogP) is 0.917. The van der Waals surface area contributed by atoms with Crippen molar-refractivity contribution in [2.45, 2.75) is 25.2 Å². The molecule has 1 aliphatic rings. The molecule has 0 spiro atoms. The second-order valence-electron chi connectivity index (χ2n) is 5.41. The highest BCUT2D eigenvalue weighted by molar-refractivity contribution is 7.88. The van der Waals surface area contributed by atoms with Gasteiger partial charge < -0.3 is 10.2 Å². The highest BCUT2D eigenvalue weighted by Gasteiger charge is 2.33. The highest BCUT2D eigenvalue weighted by atomic mass is 32.2. The lowest BCUT2D eigenvalue weighted by atomic mass is 10.0. The molecule has 0 bridgehead atoms. The smallest absolute Gasteiger partial charge is 0.335 e. The van der Waals surface area contributed by atoms with Gasteiger partial charge in [-0.2, -0.15) is 0 Å². The largest absolute Gasteiger partial charge is 0.478 e. The van der Waals surface area contributed by atoms with Crippen LogP contribution in [0.1, 0.15) is 29.3 Å². The Bertz CT molecular complexity index is 626. The summed E-state index contributed by atoms with van der Waals surface area (Å²) in [7, 11) is -3.49. The molecule has 0 amide bonds. The molecule has 1 aliphatic heterocycles. The van der Waals surface area contributed by atoms with Gasteiger partial charge in [-0.1, -0.05) is 12.1 Å². The van der Waals surface area contributed by atoms with Crippen molar-refractivity contribution in [2.24, 2.45) is 5.92 Å². The van der Waals surface area contributed by atoms with Gasteiger partial charge in [-0.25, -0.2) is 17.5 Å². The molecule has 2 unspecified atom stereocenters. The molecule has 1 heterocycles. The van der Waals surface area contributed by atoms with Crippen LogP contribution in [0.15, 0.2) is 24.3 Å². The topological polar surface area (TPSA) is 94.9 Å². The Labute approximate surface area is 124 Å². The van der Waals surface area contributed by atoms with E-state index in [1.54, 1.807) is 13.0 Å². The Morgan fingerprint density at radius 1 is 1.48 bits per heavy atom. The lowest BCUT2D eigenvalue weighted by Gasteiger charge is -2.17. The molecule has 1 aromatic rings. The fraction of sp³-hybridized carbons (Fsp3) is 0.500. The lowest BCUT2D eigenvalue weighted by molar-refractivity contribution is 0.0696. The zero-order chi connectivity index (χ0) is 15.6. The number of aliphatic hydroxyl groups is 1. The average molecular weight is 313 g/mol. The Morgan fingerprint density at radius 3 is 2.76 bits per heavy atom. The van der Waals surface area contributed by atoms with E-state index in [1.165, 1.54) is 22.5 Å². The minimum absolute atomic E-state index is 0.0369. The van der Waals surface area contributed by atoms with E-state index in [-0.39, 0.29) is 17.2 Å². The number of nitrogens with zero attached hydrogens (tertiary/aromatic N) is 1. The number of carboxylic acid groups (broad SMARTS) is 1. The fourth-order valence-corrected chi connectivity index (χ4v) is 4.08. The molecular weight excluding hydrogens is 294 g/mol. The van der Waals surface area contributed by atoms with E-state index in [4.69, 9.17) is 5.11 Å². The number of hydrogen-bond donors (Lipinski definition) is 2. The molecule has 0 aliphatic carbocycles. The average Bonchev–Trinajstić information content (AvgIpc) is 2.89. The van der Waals surface area contributed by atoms with Gasteiger partial charge in [-0.05, 0) is 37.0 Å². The minimum Gasteiger partial charge on any atom is -0.478 e. The van der Waals surface area contributed by atoms with Crippen molar-refractivity contribution < 1.29 is 23.4 Å². The molecule has 0 aromatic heterocycles. The monoisotopic (exact) mass is 313 g/mol. The molecule has 1 fully saturated rings. The quantitative estimate of drug-likeness (QED) is 0.843. The molecule has 7 heteroatoms. The van der Waals surface area contributed by atoms with Gasteiger partial charge in [-0.15, -0.1) is 0 Å². The van der Waals surface area contributed by atoms with Crippen LogP contribution in [0, 0.1) is 5.92 Å². The van der Waals surface area contributed by atoms with Crippen LogP contribution in [0.4, 0.5) is 0 Å². The zero-order valence-electron chi connectivity index (χ0n) is 11.8. The van der Waals surface area contributed by atoms with Crippen molar-refractivity contribution in [3.8, 4) is 0 Å². The van der Waals surface area contributed by atoms with E-state index >= 15 is 0 Å². The van der Waals surface area contributed by atoms with Crippen molar-refractivity contribution in [2.75, 3.05) is 13.1 Å². The SMILES string of the molecule is CC(O)C1CCN(S(=O)(=O)Cc2cccc(C(=O)O)c2)C1. The summed E-state index contributed by atoms with van der Waals surface area (Å²) >= 11 is 0. The molecule has 6 nitrogen and oxygen atoms in total. The van der Waals surface area contributed by atoms with Crippen molar-refractivity contribution in [1.82, 2.24) is 4.31 Å². The summed E-state index contributed by atoms with van der Waals surface area (Å²) in [4.78, 5) is 10.9. The first-order valence-electron chi connectivity index (χ1n) is 6.78. The molecular formula is C14H19NO5S. The summed E-state index contributed by atoms with van der Waals surface area (Å²) in [6, 6.07) is 5.95. The summed E-state index contributed by atoms with van der Waals surface area (Å²) < 4.78 is 26.1. The second kappa shape index (κ2) is 6.13. The molecule has 21 heavy (non-hydrogen) atoms. The van der Waals surface area contributed by atoms with Crippen molar-refractivity contribution >= 4 is 16.0 Å². The Kier molecular flexibility index (Phi) is 4.65. The maximum absolute atomic E-state index is 12.3. The molecule has 2 rings (SSSR count). The normalized spacial score (nSPS) is 21.3. The lowest BCUT2D eigenvalue weighted by Crippen LogP contribution is -2.31. The standard InChI is InChI=1S/C14H19NO5S/c1-10(16)13-5-6-15(8-13)21(19,20)9-11-3-2-4-12(7-11)14(17)18/h2-4,7,10,13,16H,5-6,8-9H2,1H3,(H,17,18). The fourth-order valence-electron chi connectivity index (χ4n) is 2.50. The number of benzene rings is 1. The van der Waals surface area contributed by atoms with Gasteiger partial charge >= 0.3 is 5.97 Å². The van der Waals surface area contributed by atoms with Crippen LogP contribution in [0.25, 0.3) is 0 Å². The number of hydrogen-bond acceptors (Lipinski definition) is 4. The summed E-state index contributed by atoms with van der Waals surface area (Å²) in [5, 5.41) is 18.5. The van der Waals surface area contributed by atoms with Gasteiger partial charge in [0.05, 0.1) is 17.4 Å². The first kappa shape index (κ1) is 15.9. The van der Waals surface area contributed by atoms with Gasteiger partial charge in [0, 0.05) is 13.1 Å². The van der Waals surface area contributed by atoms with Crippen molar-refractivity contribution in [1.29, 1.82) is 0 Å². The number of carboxylic acids is 1. The van der Waals surface area contributed by atoms with Gasteiger partial charge in [-0.3, -0.25) is 0 Å². The van der Waals surface area contributed by atoms with Gasteiger partial charge in [0.15, 0.2) is 0 Å². The van der Waals surface area contributed by atoms with Gasteiger partial charge in [0.25, 0.3) is 0 Å². The molecule has 0 saturated carbocycles. The van der Waals surface area contributed by atoms with Crippen molar-refractivity contribution in [3.05, 3.63) is 35.4 Å². The third-order valence-corrected chi connectivity index (χ3v) is 5.60. The van der Waals surface area contributed by atoms with E-state index in [2.05, 4.69) is 0 Å². The van der Waals surface area contributed by atoms with Crippen molar-refractivity contribution in [3.63, 3.8) is 0 Å². The summed E-state index contributed by atoms with van der Waals surface area (Å²) in [5.41, 5.74) is 0.529. The maximum atomic E-state index is 12.3. The number of aromatic carboxylic acids is 1. The van der Waals surface area contributed by atoms with Crippen LogP contribution in [-0.2, 0) is 15.8 Å². The van der Waals surface area contributed by atoms with E-state index in [9.17, 15) is 18.3 Å². The van der Waals surface area contributed by atoms with Crippen LogP contribution in [0.3, 0.4) is 0 Å². The Hall–Kier alpha value is -1.44. The molecule has 2 N–H and O–H groups in total. The van der Waals surface area contributed by atoms with Crippen LogP contribution in [-0.4, -0.2) is 48.1 Å². The summed E-state index contributed by atoms with van der Waals surface area (Å²) in [6.07, 6.45) is 0.118. The minimum atomic E-state index is -3.49. The molecule has 1 aromatic carbocycles. The van der Waals surface area contributed by atoms with Crippen LogP contribution in [0.5, 0.6) is 0 Å². The van der Waals surface area contributed by atoms with Gasteiger partial charge in [0.2, 0.25) is 10.0 Å². The second-order valence-corrected chi connectivity index (χ2v) is 7.38. The molecule has 1 saturated heterocycles. The van der Waals surface area contributed by atoms with E-state index in [0.717, 1.165) is 0 Å². The number of rotatable bonds is 5. The molecule has 2 atom stereocenters. The van der Waals surface area contributed by atoms with Crippen LogP contribution >= 0.6 is 0 Å². The zero-order valence-corrected chi connectivity index (χ0v) is 12.6. The van der Waals surface area contributed by atoms with Crippen LogP contribution in [0.2, 0.25) is 0 Å². The molecule has 0 radical (unpaired) electrons. The first-order chi connectivity index (χ1) is 9.79. The summed E-state index contributed by atoms with van der Waals surface area (Å²) in [5.74, 6) is -1.34. The Morgan fingerprint density at radius 2 is 2.19 bits per heavy atom. The molecule has 116 valence electrons. The Balaban J connectivity index is 2.11. The van der Waals surface area contributed by atoms with Crippen LogP contribution < -0.4 is 0 Å². The predicted molar refractivity (Wildman–Crippen MR) is 77.4 cm³/mol. The maximum Gasteiger partial charge on any atom is 0.335 e. The third-order valence-electron chi connectivity index (χ3n) is 3.79. The summed E-state index contributed by atoms with van der Waals surface area (Å²) in [6.45, 7) is 2.38. The number of carbonyl (C=O) groups is 1.